The van der Waals surface area contributed by atoms with E-state index in [1.54, 1.807) is 12.1 Å². The number of nitrogens with two attached hydrogens (primary N) is 1. The van der Waals surface area contributed by atoms with Crippen LogP contribution < -0.4 is 10.0 Å². The first-order chi connectivity index (χ1) is 13.8. The average molecular weight is 416 g/mol. The zero-order valence-electron chi connectivity index (χ0n) is 16.6. The maximum Gasteiger partial charge on any atom is 0.213 e. The number of hydrogen-bond acceptors (Lipinski definition) is 6. The van der Waals surface area contributed by atoms with Crippen molar-refractivity contribution < 1.29 is 13.2 Å². The van der Waals surface area contributed by atoms with Crippen molar-refractivity contribution in [1.82, 2.24) is 15.0 Å². The summed E-state index contributed by atoms with van der Waals surface area (Å²) in [5.74, 6) is 0.478. The first-order valence-corrected chi connectivity index (χ1v) is 11.4. The summed E-state index contributed by atoms with van der Waals surface area (Å²) in [6.07, 6.45) is 0.906. The van der Waals surface area contributed by atoms with Crippen molar-refractivity contribution in [2.45, 2.75) is 32.1 Å². The van der Waals surface area contributed by atoms with Gasteiger partial charge < -0.3 is 14.6 Å². The third-order valence-corrected chi connectivity index (χ3v) is 5.84. The molecule has 1 unspecified atom stereocenters. The smallest absolute Gasteiger partial charge is 0.213 e. The number of fused-ring (bicyclic) bond motifs is 1. The second kappa shape index (κ2) is 7.74. The van der Waals surface area contributed by atoms with Crippen molar-refractivity contribution in [1.29, 1.82) is 0 Å². The van der Waals surface area contributed by atoms with Crippen LogP contribution in [0.15, 0.2) is 30.3 Å². The minimum absolute atomic E-state index is 0.191. The molecule has 29 heavy (non-hydrogen) atoms. The molecule has 0 radical (unpaired) electrons. The van der Waals surface area contributed by atoms with Gasteiger partial charge in [0.1, 0.15) is 5.82 Å². The molecule has 1 saturated heterocycles. The molecule has 0 amide bonds. The van der Waals surface area contributed by atoms with Crippen molar-refractivity contribution in [2.24, 2.45) is 5.14 Å². The molecule has 154 valence electrons. The fourth-order valence-corrected chi connectivity index (χ4v) is 4.38. The van der Waals surface area contributed by atoms with Crippen LogP contribution in [0.4, 0.5) is 5.82 Å². The summed E-state index contributed by atoms with van der Waals surface area (Å²) in [5, 5.41) is 5.31. The fourth-order valence-electron chi connectivity index (χ4n) is 3.75. The lowest BCUT2D eigenvalue weighted by molar-refractivity contribution is 0.0926. The maximum atomic E-state index is 11.7. The van der Waals surface area contributed by atoms with Crippen LogP contribution in [0, 0.1) is 6.92 Å². The van der Waals surface area contributed by atoms with Crippen molar-refractivity contribution in [3.63, 3.8) is 0 Å². The van der Waals surface area contributed by atoms with E-state index in [2.05, 4.69) is 16.8 Å². The summed E-state index contributed by atoms with van der Waals surface area (Å²) in [6.45, 7) is 6.02. The Hall–Kier alpha value is -2.49. The van der Waals surface area contributed by atoms with E-state index >= 15 is 0 Å². The van der Waals surface area contributed by atoms with Crippen molar-refractivity contribution in [2.75, 3.05) is 24.7 Å². The van der Waals surface area contributed by atoms with Gasteiger partial charge in [-0.2, -0.15) is 0 Å². The Bertz CT molecular complexity index is 1140. The molecule has 4 heterocycles. The second-order valence-electron chi connectivity index (χ2n) is 7.44. The molecule has 0 aliphatic carbocycles. The van der Waals surface area contributed by atoms with Crippen LogP contribution in [0.1, 0.15) is 24.6 Å². The Morgan fingerprint density at radius 1 is 1.24 bits per heavy atom. The number of hydrogen-bond donors (Lipinski definition) is 2. The summed E-state index contributed by atoms with van der Waals surface area (Å²) < 4.78 is 29.1. The molecule has 0 aromatic carbocycles. The number of nitrogens with zero attached hydrogens (tertiary/aromatic N) is 3. The molecule has 1 atom stereocenters. The van der Waals surface area contributed by atoms with Gasteiger partial charge in [0, 0.05) is 12.2 Å². The van der Waals surface area contributed by atoms with E-state index < -0.39 is 10.0 Å². The zero-order valence-corrected chi connectivity index (χ0v) is 17.4. The molecule has 3 aromatic heterocycles. The third-order valence-electron chi connectivity index (χ3n) is 5.10. The van der Waals surface area contributed by atoms with Crippen molar-refractivity contribution in [3.05, 3.63) is 41.6 Å². The number of sulfonamides is 1. The van der Waals surface area contributed by atoms with Gasteiger partial charge in [0.05, 0.1) is 47.4 Å². The topological polar surface area (TPSA) is 114 Å². The van der Waals surface area contributed by atoms with Gasteiger partial charge in [-0.05, 0) is 49.2 Å². The highest BCUT2D eigenvalue weighted by atomic mass is 32.2. The van der Waals surface area contributed by atoms with Crippen molar-refractivity contribution >= 4 is 26.9 Å². The Morgan fingerprint density at radius 3 is 2.83 bits per heavy atom. The van der Waals surface area contributed by atoms with E-state index in [0.29, 0.717) is 36.7 Å². The molecule has 1 aliphatic rings. The molecule has 1 aliphatic heterocycles. The van der Waals surface area contributed by atoms with Gasteiger partial charge >= 0.3 is 0 Å². The van der Waals surface area contributed by atoms with E-state index in [-0.39, 0.29) is 11.8 Å². The molecule has 0 bridgehead atoms. The van der Waals surface area contributed by atoms with E-state index in [0.717, 1.165) is 29.0 Å². The number of morpholine rings is 1. The predicted octanol–water partition coefficient (Wildman–Crippen LogP) is 2.34. The van der Waals surface area contributed by atoms with Gasteiger partial charge in [0.25, 0.3) is 0 Å². The molecular weight excluding hydrogens is 390 g/mol. The van der Waals surface area contributed by atoms with Gasteiger partial charge in [-0.3, -0.25) is 0 Å². The maximum absolute atomic E-state index is 11.7. The zero-order chi connectivity index (χ0) is 20.6. The lowest BCUT2D eigenvalue weighted by Gasteiger charge is -2.36. The Morgan fingerprint density at radius 2 is 2.07 bits per heavy atom. The SMILES string of the molecule is CCC1COCCN1c1cc(CS(N)(=O)=O)cc(-c2ccc3[nH]c(C)cc3n2)n1. The van der Waals surface area contributed by atoms with Gasteiger partial charge in [0.2, 0.25) is 10.0 Å². The number of ether oxygens (including phenoxy) is 1. The number of rotatable bonds is 5. The largest absolute Gasteiger partial charge is 0.377 e. The Kier molecular flexibility index (Phi) is 5.28. The standard InChI is InChI=1S/C20H25N5O3S/c1-3-15-11-28-7-6-25(15)20-10-14(12-29(21,26)27)9-19(24-20)17-5-4-16-18(23-17)8-13(2)22-16/h4-5,8-10,15,22H,3,6-7,11-12H2,1-2H3,(H2,21,26,27). The summed E-state index contributed by atoms with van der Waals surface area (Å²) in [5.41, 5.74) is 4.74. The van der Waals surface area contributed by atoms with Crippen LogP contribution in [0.5, 0.6) is 0 Å². The quantitative estimate of drug-likeness (QED) is 0.661. The number of aryl methyl sites for hydroxylation is 1. The minimum atomic E-state index is -3.67. The summed E-state index contributed by atoms with van der Waals surface area (Å²) >= 11 is 0. The van der Waals surface area contributed by atoms with Gasteiger partial charge in [-0.25, -0.2) is 23.5 Å². The van der Waals surface area contributed by atoms with E-state index in [1.165, 1.54) is 0 Å². The molecule has 0 saturated carbocycles. The van der Waals surface area contributed by atoms with Crippen LogP contribution in [0.3, 0.4) is 0 Å². The van der Waals surface area contributed by atoms with Crippen molar-refractivity contribution in [3.8, 4) is 11.4 Å². The first kappa shape index (κ1) is 19.8. The lowest BCUT2D eigenvalue weighted by Crippen LogP contribution is -2.45. The monoisotopic (exact) mass is 415 g/mol. The van der Waals surface area contributed by atoms with Crippen LogP contribution in [0.25, 0.3) is 22.4 Å². The third kappa shape index (κ3) is 4.42. The minimum Gasteiger partial charge on any atom is -0.377 e. The average Bonchev–Trinajstić information content (AvgIpc) is 3.05. The highest BCUT2D eigenvalue weighted by Gasteiger charge is 2.24. The van der Waals surface area contributed by atoms with Gasteiger partial charge in [-0.1, -0.05) is 6.92 Å². The van der Waals surface area contributed by atoms with E-state index in [1.807, 2.05) is 25.1 Å². The first-order valence-electron chi connectivity index (χ1n) is 9.65. The van der Waals surface area contributed by atoms with Crippen LogP contribution in [0.2, 0.25) is 0 Å². The van der Waals surface area contributed by atoms with E-state index in [4.69, 9.17) is 19.8 Å². The molecule has 3 aromatic rings. The number of primary sulfonamides is 1. The van der Waals surface area contributed by atoms with E-state index in [9.17, 15) is 8.42 Å². The lowest BCUT2D eigenvalue weighted by atomic mass is 10.1. The molecule has 9 heteroatoms. The summed E-state index contributed by atoms with van der Waals surface area (Å²) in [4.78, 5) is 15.0. The number of aromatic nitrogens is 3. The normalized spacial score (nSPS) is 17.8. The second-order valence-corrected chi connectivity index (χ2v) is 9.05. The van der Waals surface area contributed by atoms with Crippen LogP contribution >= 0.6 is 0 Å². The van der Waals surface area contributed by atoms with Crippen LogP contribution in [-0.2, 0) is 20.5 Å². The number of pyridine rings is 2. The highest BCUT2D eigenvalue weighted by molar-refractivity contribution is 7.88. The molecule has 1 fully saturated rings. The summed E-state index contributed by atoms with van der Waals surface area (Å²) in [6, 6.07) is 9.58. The Balaban J connectivity index is 1.81. The molecular formula is C20H25N5O3S. The number of anilines is 1. The van der Waals surface area contributed by atoms with Gasteiger partial charge in [-0.15, -0.1) is 0 Å². The predicted molar refractivity (Wildman–Crippen MR) is 113 cm³/mol. The number of H-pyrrole nitrogens is 1. The Labute approximate surface area is 170 Å². The van der Waals surface area contributed by atoms with Crippen LogP contribution in [-0.4, -0.2) is 49.2 Å². The van der Waals surface area contributed by atoms with Gasteiger partial charge in [0.15, 0.2) is 0 Å². The number of nitrogens with one attached hydrogen (secondary N) is 1. The molecule has 4 rings (SSSR count). The number of aromatic amines is 1. The summed E-state index contributed by atoms with van der Waals surface area (Å²) in [7, 11) is -3.67. The fraction of sp³-hybridized carbons (Fsp3) is 0.400. The molecule has 8 nitrogen and oxygen atoms in total. The highest BCUT2D eigenvalue weighted by Crippen LogP contribution is 2.27. The molecule has 3 N–H and O–H groups in total. The molecule has 0 spiro atoms.